The summed E-state index contributed by atoms with van der Waals surface area (Å²) in [5, 5.41) is 0.331. The molecule has 4 rings (SSSR count). The first-order valence-corrected chi connectivity index (χ1v) is 12.8. The number of methoxy groups -OCH3 is 1. The summed E-state index contributed by atoms with van der Waals surface area (Å²) in [5.74, 6) is 0.131. The molecule has 2 aliphatic rings. The number of halogens is 2. The van der Waals surface area contributed by atoms with E-state index < -0.39 is 10.0 Å². The van der Waals surface area contributed by atoms with E-state index in [0.717, 1.165) is 22.1 Å². The van der Waals surface area contributed by atoms with E-state index in [0.29, 0.717) is 17.9 Å². The molecule has 6 nitrogen and oxygen atoms in total. The first-order chi connectivity index (χ1) is 14.7. The number of nitrogens with zero attached hydrogens (tertiary/aromatic N) is 2. The Morgan fingerprint density at radius 1 is 1.16 bits per heavy atom. The molecule has 2 aromatic rings. The van der Waals surface area contributed by atoms with Crippen molar-refractivity contribution in [1.82, 2.24) is 4.31 Å². The molecule has 0 bridgehead atoms. The van der Waals surface area contributed by atoms with E-state index in [1.165, 1.54) is 17.5 Å². The third-order valence-corrected chi connectivity index (χ3v) is 8.69. The molecule has 0 N–H and O–H groups in total. The van der Waals surface area contributed by atoms with Crippen molar-refractivity contribution in [3.05, 3.63) is 51.5 Å². The highest BCUT2D eigenvalue weighted by Gasteiger charge is 2.38. The second kappa shape index (κ2) is 8.73. The van der Waals surface area contributed by atoms with Gasteiger partial charge in [0.15, 0.2) is 0 Å². The third-order valence-electron chi connectivity index (χ3n) is 6.04. The molecule has 0 spiro atoms. The van der Waals surface area contributed by atoms with Crippen molar-refractivity contribution >= 4 is 49.1 Å². The third kappa shape index (κ3) is 4.23. The number of rotatable bonds is 4. The van der Waals surface area contributed by atoms with Crippen molar-refractivity contribution in [3.8, 4) is 5.75 Å². The second-order valence-corrected chi connectivity index (χ2v) is 11.3. The van der Waals surface area contributed by atoms with Gasteiger partial charge in [-0.3, -0.25) is 4.79 Å². The molecule has 0 radical (unpaired) electrons. The molecular weight excluding hydrogens is 504 g/mol. The van der Waals surface area contributed by atoms with E-state index in [1.807, 2.05) is 17.0 Å². The van der Waals surface area contributed by atoms with Crippen molar-refractivity contribution < 1.29 is 17.9 Å². The number of sulfonamides is 1. The Kier molecular flexibility index (Phi) is 6.36. The smallest absolute Gasteiger partial charge is 0.246 e. The molecule has 1 atom stereocenters. The van der Waals surface area contributed by atoms with E-state index in [2.05, 4.69) is 28.9 Å². The Bertz CT molecular complexity index is 1120. The monoisotopic (exact) mass is 526 g/mol. The van der Waals surface area contributed by atoms with Gasteiger partial charge >= 0.3 is 0 Å². The lowest BCUT2D eigenvalue weighted by molar-refractivity contribution is -0.123. The SMILES string of the molecule is COc1ccc(Cl)cc1S(=O)(=O)N1CCC(C(=O)N2c3ccc(Br)cc3CC2C)CC1. The quantitative estimate of drug-likeness (QED) is 0.588. The summed E-state index contributed by atoms with van der Waals surface area (Å²) in [6.07, 6.45) is 1.79. The van der Waals surface area contributed by atoms with Crippen LogP contribution < -0.4 is 9.64 Å². The molecule has 1 saturated heterocycles. The average molecular weight is 528 g/mol. The maximum Gasteiger partial charge on any atom is 0.246 e. The van der Waals surface area contributed by atoms with Crippen LogP contribution in [0.25, 0.3) is 0 Å². The van der Waals surface area contributed by atoms with Gasteiger partial charge in [0, 0.05) is 40.2 Å². The molecule has 0 saturated carbocycles. The zero-order valence-electron chi connectivity index (χ0n) is 17.3. The van der Waals surface area contributed by atoms with E-state index in [-0.39, 0.29) is 41.6 Å². The summed E-state index contributed by atoms with van der Waals surface area (Å²) < 4.78 is 34.0. The highest BCUT2D eigenvalue weighted by molar-refractivity contribution is 9.10. The Morgan fingerprint density at radius 2 is 1.87 bits per heavy atom. The minimum absolute atomic E-state index is 0.0555. The molecule has 2 aromatic carbocycles. The summed E-state index contributed by atoms with van der Waals surface area (Å²) >= 11 is 9.52. The summed E-state index contributed by atoms with van der Waals surface area (Å²) in [4.78, 5) is 15.3. The summed E-state index contributed by atoms with van der Waals surface area (Å²) in [5.41, 5.74) is 2.11. The number of piperidine rings is 1. The number of carbonyl (C=O) groups is 1. The first-order valence-electron chi connectivity index (χ1n) is 10.2. The van der Waals surface area contributed by atoms with Crippen LogP contribution in [0.15, 0.2) is 45.8 Å². The number of ether oxygens (including phenoxy) is 1. The van der Waals surface area contributed by atoms with Gasteiger partial charge in [-0.2, -0.15) is 4.31 Å². The van der Waals surface area contributed by atoms with Gasteiger partial charge in [-0.25, -0.2) is 8.42 Å². The molecule has 0 aromatic heterocycles. The molecule has 2 heterocycles. The minimum Gasteiger partial charge on any atom is -0.495 e. The van der Waals surface area contributed by atoms with Crippen LogP contribution in [0.2, 0.25) is 5.02 Å². The Morgan fingerprint density at radius 3 is 2.55 bits per heavy atom. The predicted octanol–water partition coefficient (Wildman–Crippen LogP) is 4.49. The fraction of sp³-hybridized carbons (Fsp3) is 0.409. The number of fused-ring (bicyclic) bond motifs is 1. The normalized spacial score (nSPS) is 20.0. The maximum atomic E-state index is 13.3. The maximum absolute atomic E-state index is 13.3. The highest BCUT2D eigenvalue weighted by Crippen LogP contribution is 2.37. The number of benzene rings is 2. The highest BCUT2D eigenvalue weighted by atomic mass is 79.9. The van der Waals surface area contributed by atoms with Crippen LogP contribution >= 0.6 is 27.5 Å². The number of amides is 1. The van der Waals surface area contributed by atoms with Crippen LogP contribution in [0.1, 0.15) is 25.3 Å². The van der Waals surface area contributed by atoms with Crippen molar-refractivity contribution in [2.75, 3.05) is 25.1 Å². The summed E-state index contributed by atoms with van der Waals surface area (Å²) in [7, 11) is -2.33. The average Bonchev–Trinajstić information content (AvgIpc) is 3.07. The van der Waals surface area contributed by atoms with Crippen molar-refractivity contribution in [1.29, 1.82) is 0 Å². The van der Waals surface area contributed by atoms with E-state index >= 15 is 0 Å². The van der Waals surface area contributed by atoms with E-state index in [1.54, 1.807) is 12.1 Å². The first kappa shape index (κ1) is 22.6. The molecule has 166 valence electrons. The Labute approximate surface area is 196 Å². The van der Waals surface area contributed by atoms with E-state index in [4.69, 9.17) is 16.3 Å². The number of hydrogen-bond donors (Lipinski definition) is 0. The lowest BCUT2D eigenvalue weighted by Crippen LogP contribution is -2.46. The standard InChI is InChI=1S/C22H24BrClN2O4S/c1-14-11-16-12-17(23)3-5-19(16)26(14)22(27)15-7-9-25(10-8-15)31(28,29)21-13-18(24)4-6-20(21)30-2/h3-6,12-15H,7-11H2,1-2H3. The largest absolute Gasteiger partial charge is 0.495 e. The fourth-order valence-electron chi connectivity index (χ4n) is 4.47. The minimum atomic E-state index is -3.77. The molecular formula is C22H24BrClN2O4S. The van der Waals surface area contributed by atoms with Gasteiger partial charge in [0.2, 0.25) is 15.9 Å². The number of hydrogen-bond acceptors (Lipinski definition) is 4. The predicted molar refractivity (Wildman–Crippen MR) is 124 cm³/mol. The van der Waals surface area contributed by atoms with E-state index in [9.17, 15) is 13.2 Å². The molecule has 1 unspecified atom stereocenters. The van der Waals surface area contributed by atoms with Crippen LogP contribution in [0.5, 0.6) is 5.75 Å². The van der Waals surface area contributed by atoms with Gasteiger partial charge in [-0.15, -0.1) is 0 Å². The Hall–Kier alpha value is -1.61. The second-order valence-electron chi connectivity index (χ2n) is 8.01. The van der Waals surface area contributed by atoms with Crippen molar-refractivity contribution in [3.63, 3.8) is 0 Å². The molecule has 1 amide bonds. The fourth-order valence-corrected chi connectivity index (χ4v) is 6.76. The summed E-state index contributed by atoms with van der Waals surface area (Å²) in [6, 6.07) is 10.6. The Balaban J connectivity index is 1.49. The van der Waals surface area contributed by atoms with Crippen LogP contribution in [0.4, 0.5) is 5.69 Å². The van der Waals surface area contributed by atoms with Gasteiger partial charge in [-0.05, 0) is 68.1 Å². The summed E-state index contributed by atoms with van der Waals surface area (Å²) in [6.45, 7) is 2.62. The van der Waals surface area contributed by atoms with Gasteiger partial charge in [0.1, 0.15) is 10.6 Å². The topological polar surface area (TPSA) is 66.9 Å². The van der Waals surface area contributed by atoms with Crippen LogP contribution in [-0.2, 0) is 21.2 Å². The molecule has 0 aliphatic carbocycles. The number of anilines is 1. The molecule has 31 heavy (non-hydrogen) atoms. The van der Waals surface area contributed by atoms with Crippen molar-refractivity contribution in [2.24, 2.45) is 5.92 Å². The molecule has 9 heteroatoms. The zero-order chi connectivity index (χ0) is 22.3. The molecule has 1 fully saturated rings. The number of carbonyl (C=O) groups excluding carboxylic acids is 1. The lowest BCUT2D eigenvalue weighted by Gasteiger charge is -2.34. The lowest BCUT2D eigenvalue weighted by atomic mass is 9.96. The van der Waals surface area contributed by atoms with Gasteiger partial charge in [0.05, 0.1) is 7.11 Å². The zero-order valence-corrected chi connectivity index (χ0v) is 20.5. The van der Waals surface area contributed by atoms with Gasteiger partial charge < -0.3 is 9.64 Å². The van der Waals surface area contributed by atoms with Crippen molar-refractivity contribution in [2.45, 2.75) is 37.1 Å². The van der Waals surface area contributed by atoms with Crippen LogP contribution in [0, 0.1) is 5.92 Å². The molecule has 2 aliphatic heterocycles. The van der Waals surface area contributed by atoms with Gasteiger partial charge in [0.25, 0.3) is 0 Å². The van der Waals surface area contributed by atoms with Crippen LogP contribution in [-0.4, -0.2) is 44.9 Å². The van der Waals surface area contributed by atoms with Crippen LogP contribution in [0.3, 0.4) is 0 Å². The van der Waals surface area contributed by atoms with Gasteiger partial charge in [-0.1, -0.05) is 27.5 Å².